The van der Waals surface area contributed by atoms with E-state index < -0.39 is 33.9 Å². The molecule has 9 nitrogen and oxygen atoms in total. The molecule has 0 saturated heterocycles. The lowest BCUT2D eigenvalue weighted by Gasteiger charge is -2.24. The maximum atomic E-state index is 13.9. The Hall–Kier alpha value is -3.03. The van der Waals surface area contributed by atoms with Crippen molar-refractivity contribution in [2.45, 2.75) is 18.8 Å². The number of benzene rings is 2. The molecule has 0 fully saturated rings. The summed E-state index contributed by atoms with van der Waals surface area (Å²) in [6.07, 6.45) is -4.79. The summed E-state index contributed by atoms with van der Waals surface area (Å²) in [4.78, 5) is 12.2. The Labute approximate surface area is 181 Å². The molecule has 1 atom stereocenters. The van der Waals surface area contributed by atoms with Gasteiger partial charge >= 0.3 is 6.18 Å². The van der Waals surface area contributed by atoms with Crippen molar-refractivity contribution in [3.63, 3.8) is 0 Å². The van der Waals surface area contributed by atoms with Crippen LogP contribution in [0.1, 0.15) is 38.7 Å². The van der Waals surface area contributed by atoms with Crippen molar-refractivity contribution in [1.82, 2.24) is 4.31 Å². The molecule has 172 valence electrons. The molecule has 2 aromatic rings. The fraction of sp³-hybridized carbons (Fsp3) is 0.316. The van der Waals surface area contributed by atoms with Gasteiger partial charge in [0.05, 0.1) is 25.3 Å². The number of halogens is 3. The molecule has 32 heavy (non-hydrogen) atoms. The molecule has 2 N–H and O–H groups in total. The monoisotopic (exact) mass is 472 g/mol. The van der Waals surface area contributed by atoms with Crippen LogP contribution in [0.4, 0.5) is 13.2 Å². The maximum absolute atomic E-state index is 13.9. The highest BCUT2D eigenvalue weighted by Gasteiger charge is 2.38. The summed E-state index contributed by atoms with van der Waals surface area (Å²) in [5, 5.41) is 12.3. The molecule has 0 aromatic heterocycles. The minimum absolute atomic E-state index is 0.0359. The van der Waals surface area contributed by atoms with Crippen LogP contribution >= 0.6 is 0 Å². The normalized spacial score (nSPS) is 16.2. The molecule has 13 heteroatoms. The third kappa shape index (κ3) is 4.59. The van der Waals surface area contributed by atoms with Gasteiger partial charge in [-0.15, -0.1) is 5.11 Å². The topological polar surface area (TPSA) is 124 Å². The van der Waals surface area contributed by atoms with Crippen LogP contribution in [0.15, 0.2) is 40.6 Å². The van der Waals surface area contributed by atoms with E-state index >= 15 is 0 Å². The van der Waals surface area contributed by atoms with Crippen LogP contribution in [0.2, 0.25) is 0 Å². The van der Waals surface area contributed by atoms with Crippen LogP contribution in [0, 0.1) is 0 Å². The minimum atomic E-state index is -4.79. The van der Waals surface area contributed by atoms with Gasteiger partial charge in [-0.25, -0.2) is 5.14 Å². The predicted octanol–water partition coefficient (Wildman–Crippen LogP) is 3.05. The molecule has 0 bridgehead atoms. The molecule has 1 heterocycles. The van der Waals surface area contributed by atoms with E-state index in [0.717, 1.165) is 13.1 Å². The van der Waals surface area contributed by atoms with Gasteiger partial charge in [0, 0.05) is 13.6 Å². The predicted molar refractivity (Wildman–Crippen MR) is 107 cm³/mol. The van der Waals surface area contributed by atoms with Crippen molar-refractivity contribution in [3.05, 3.63) is 58.1 Å². The van der Waals surface area contributed by atoms with Gasteiger partial charge in [0.15, 0.2) is 11.5 Å². The number of fused-ring (bicyclic) bond motifs is 1. The van der Waals surface area contributed by atoms with E-state index in [4.69, 9.17) is 14.6 Å². The first-order chi connectivity index (χ1) is 14.9. The van der Waals surface area contributed by atoms with Gasteiger partial charge in [0.2, 0.25) is 0 Å². The van der Waals surface area contributed by atoms with Gasteiger partial charge in [0.1, 0.15) is 6.04 Å². The van der Waals surface area contributed by atoms with E-state index in [2.05, 4.69) is 10.2 Å². The SMILES string of the molecule is COc1cc2c(cc1OC)C(c1ccc(CN(C)S(N)(=O)=O)cc1C(F)(F)F)N=NC2=O. The number of amides is 1. The van der Waals surface area contributed by atoms with E-state index in [1.165, 1.54) is 38.5 Å². The Balaban J connectivity index is 2.16. The Morgan fingerprint density at radius 2 is 1.72 bits per heavy atom. The zero-order chi connectivity index (χ0) is 23.8. The summed E-state index contributed by atoms with van der Waals surface area (Å²) in [7, 11) is -0.232. The maximum Gasteiger partial charge on any atom is 0.416 e. The number of carbonyl (C=O) groups is 1. The lowest BCUT2D eigenvalue weighted by Crippen LogP contribution is -2.32. The number of carbonyl (C=O) groups excluding carboxylic acids is 1. The molecule has 0 aliphatic carbocycles. The van der Waals surface area contributed by atoms with Crippen molar-refractivity contribution in [2.75, 3.05) is 21.3 Å². The highest BCUT2D eigenvalue weighted by molar-refractivity contribution is 7.86. The van der Waals surface area contributed by atoms with Gasteiger partial charge in [-0.1, -0.05) is 12.1 Å². The van der Waals surface area contributed by atoms with E-state index in [9.17, 15) is 26.4 Å². The van der Waals surface area contributed by atoms with E-state index in [0.29, 0.717) is 4.31 Å². The number of nitrogens with two attached hydrogens (primary N) is 1. The zero-order valence-corrected chi connectivity index (χ0v) is 18.0. The molecule has 2 aromatic carbocycles. The molecule has 1 amide bonds. The number of methoxy groups -OCH3 is 2. The first-order valence-electron chi connectivity index (χ1n) is 9.02. The standard InChI is InChI=1S/C19H19F3N4O5S/c1-26(32(23,28)29)9-10-4-5-11(14(6-10)19(20,21)22)17-12-7-15(30-2)16(31-3)8-13(12)18(27)25-24-17/h4-8,17H,9H2,1-3H3,(H2,23,28,29). The molecular weight excluding hydrogens is 453 g/mol. The van der Waals surface area contributed by atoms with Crippen molar-refractivity contribution in [2.24, 2.45) is 15.4 Å². The van der Waals surface area contributed by atoms with Gasteiger partial charge in [-0.3, -0.25) is 4.79 Å². The van der Waals surface area contributed by atoms with Crippen LogP contribution in [0.25, 0.3) is 0 Å². The second-order valence-corrected chi connectivity index (χ2v) is 8.59. The number of hydrogen-bond acceptors (Lipinski definition) is 6. The van der Waals surface area contributed by atoms with Crippen LogP contribution < -0.4 is 14.6 Å². The second kappa shape index (κ2) is 8.48. The lowest BCUT2D eigenvalue weighted by atomic mass is 9.89. The summed E-state index contributed by atoms with van der Waals surface area (Å²) in [6.45, 7) is -0.367. The summed E-state index contributed by atoms with van der Waals surface area (Å²) in [5.74, 6) is -0.300. The highest BCUT2D eigenvalue weighted by atomic mass is 32.2. The highest BCUT2D eigenvalue weighted by Crippen LogP contribution is 2.44. The van der Waals surface area contributed by atoms with Crippen molar-refractivity contribution >= 4 is 16.1 Å². The Morgan fingerprint density at radius 1 is 1.09 bits per heavy atom. The molecule has 0 spiro atoms. The summed E-state index contributed by atoms with van der Waals surface area (Å²) >= 11 is 0. The van der Waals surface area contributed by atoms with Crippen molar-refractivity contribution in [1.29, 1.82) is 0 Å². The average molecular weight is 472 g/mol. The van der Waals surface area contributed by atoms with Crippen LogP contribution in [0.5, 0.6) is 11.5 Å². The van der Waals surface area contributed by atoms with Crippen LogP contribution in [-0.4, -0.2) is 39.9 Å². The van der Waals surface area contributed by atoms with Crippen LogP contribution in [0.3, 0.4) is 0 Å². The molecular formula is C19H19F3N4O5S. The summed E-state index contributed by atoms with van der Waals surface area (Å²) in [5.41, 5.74) is -1.04. The van der Waals surface area contributed by atoms with E-state index in [1.807, 2.05) is 0 Å². The minimum Gasteiger partial charge on any atom is -0.493 e. The number of hydrogen-bond donors (Lipinski definition) is 1. The number of nitrogens with zero attached hydrogens (tertiary/aromatic N) is 3. The fourth-order valence-electron chi connectivity index (χ4n) is 3.29. The second-order valence-electron chi connectivity index (χ2n) is 6.94. The van der Waals surface area contributed by atoms with Crippen molar-refractivity contribution < 1.29 is 35.9 Å². The third-order valence-electron chi connectivity index (χ3n) is 4.90. The number of rotatable bonds is 6. The number of ether oxygens (including phenoxy) is 2. The quantitative estimate of drug-likeness (QED) is 0.692. The Kier molecular flexibility index (Phi) is 6.26. The van der Waals surface area contributed by atoms with Gasteiger partial charge in [-0.2, -0.15) is 31.0 Å². The smallest absolute Gasteiger partial charge is 0.416 e. The molecule has 0 radical (unpaired) electrons. The van der Waals surface area contributed by atoms with Gasteiger partial charge in [-0.05, 0) is 34.9 Å². The molecule has 1 aliphatic heterocycles. The molecule has 3 rings (SSSR count). The van der Waals surface area contributed by atoms with Gasteiger partial charge in [0.25, 0.3) is 16.1 Å². The number of alkyl halides is 3. The first-order valence-corrected chi connectivity index (χ1v) is 10.5. The first kappa shape index (κ1) is 23.6. The summed E-state index contributed by atoms with van der Waals surface area (Å²) < 4.78 is 75.7. The Bertz CT molecular complexity index is 1200. The number of azo groups is 1. The molecule has 1 unspecified atom stereocenters. The summed E-state index contributed by atoms with van der Waals surface area (Å²) in [6, 6.07) is 4.81. The van der Waals surface area contributed by atoms with Gasteiger partial charge < -0.3 is 9.47 Å². The Morgan fingerprint density at radius 3 is 2.28 bits per heavy atom. The molecule has 0 saturated carbocycles. The van der Waals surface area contributed by atoms with E-state index in [1.54, 1.807) is 0 Å². The molecule has 1 aliphatic rings. The zero-order valence-electron chi connectivity index (χ0n) is 17.2. The van der Waals surface area contributed by atoms with Crippen LogP contribution in [-0.2, 0) is 22.9 Å². The fourth-order valence-corrected chi connectivity index (χ4v) is 3.62. The van der Waals surface area contributed by atoms with E-state index in [-0.39, 0.29) is 40.3 Å². The lowest BCUT2D eigenvalue weighted by molar-refractivity contribution is -0.138. The third-order valence-corrected chi connectivity index (χ3v) is 5.90. The largest absolute Gasteiger partial charge is 0.493 e. The average Bonchev–Trinajstić information content (AvgIpc) is 2.72. The van der Waals surface area contributed by atoms with Crippen molar-refractivity contribution in [3.8, 4) is 11.5 Å².